The van der Waals surface area contributed by atoms with Crippen molar-refractivity contribution in [3.05, 3.63) is 59.7 Å². The van der Waals surface area contributed by atoms with E-state index in [1.165, 1.54) is 0 Å². The molecule has 0 saturated heterocycles. The Morgan fingerprint density at radius 2 is 1.90 bits per heavy atom. The first kappa shape index (κ1) is 14.5. The third-order valence-electron chi connectivity index (χ3n) is 2.90. The van der Waals surface area contributed by atoms with Crippen LogP contribution >= 0.6 is 11.8 Å². The fourth-order valence-corrected chi connectivity index (χ4v) is 2.86. The molecule has 0 aliphatic heterocycles. The van der Waals surface area contributed by atoms with E-state index in [-0.39, 0.29) is 6.42 Å². The van der Waals surface area contributed by atoms with Crippen molar-refractivity contribution >= 4 is 17.7 Å². The van der Waals surface area contributed by atoms with Gasteiger partial charge in [0.15, 0.2) is 0 Å². The highest BCUT2D eigenvalue weighted by Crippen LogP contribution is 2.27. The number of carboxylic acids is 1. The van der Waals surface area contributed by atoms with Crippen LogP contribution in [0.5, 0.6) is 5.75 Å². The highest BCUT2D eigenvalue weighted by molar-refractivity contribution is 7.98. The molecule has 0 radical (unpaired) electrons. The molecule has 2 aromatic rings. The van der Waals surface area contributed by atoms with Crippen molar-refractivity contribution in [3.8, 4) is 5.75 Å². The lowest BCUT2D eigenvalue weighted by molar-refractivity contribution is -0.136. The maximum Gasteiger partial charge on any atom is 0.307 e. The second-order valence-electron chi connectivity index (χ2n) is 4.31. The Balaban J connectivity index is 2.08. The van der Waals surface area contributed by atoms with Crippen LogP contribution in [0.15, 0.2) is 53.4 Å². The molecule has 0 heterocycles. The quantitative estimate of drug-likeness (QED) is 0.825. The second-order valence-corrected chi connectivity index (χ2v) is 5.36. The number of hydrogen-bond donors (Lipinski definition) is 1. The first-order valence-electron chi connectivity index (χ1n) is 6.24. The molecule has 104 valence electrons. The predicted molar refractivity (Wildman–Crippen MR) is 80.3 cm³/mol. The van der Waals surface area contributed by atoms with Gasteiger partial charge in [-0.25, -0.2) is 0 Å². The molecular formula is C16H16O3S. The molecule has 0 amide bonds. The smallest absolute Gasteiger partial charge is 0.307 e. The molecule has 4 heteroatoms. The highest BCUT2D eigenvalue weighted by atomic mass is 32.2. The Morgan fingerprint density at radius 1 is 1.15 bits per heavy atom. The number of carboxylic acid groups (broad SMARTS) is 1. The summed E-state index contributed by atoms with van der Waals surface area (Å²) >= 11 is 1.67. The summed E-state index contributed by atoms with van der Waals surface area (Å²) in [7, 11) is 1.64. The van der Waals surface area contributed by atoms with Crippen LogP contribution in [-0.4, -0.2) is 18.2 Å². The Kier molecular flexibility index (Phi) is 5.07. The van der Waals surface area contributed by atoms with Gasteiger partial charge in [-0.3, -0.25) is 4.79 Å². The summed E-state index contributed by atoms with van der Waals surface area (Å²) in [6, 6.07) is 15.5. The number of hydrogen-bond acceptors (Lipinski definition) is 3. The van der Waals surface area contributed by atoms with Crippen molar-refractivity contribution in [2.75, 3.05) is 7.11 Å². The van der Waals surface area contributed by atoms with Gasteiger partial charge in [0, 0.05) is 10.6 Å². The lowest BCUT2D eigenvalue weighted by atomic mass is 10.1. The molecule has 0 fully saturated rings. The van der Waals surface area contributed by atoms with Gasteiger partial charge >= 0.3 is 5.97 Å². The Morgan fingerprint density at radius 3 is 2.60 bits per heavy atom. The van der Waals surface area contributed by atoms with Crippen LogP contribution in [0, 0.1) is 0 Å². The van der Waals surface area contributed by atoms with Crippen LogP contribution in [-0.2, 0) is 17.0 Å². The summed E-state index contributed by atoms with van der Waals surface area (Å²) < 4.78 is 5.19. The van der Waals surface area contributed by atoms with E-state index in [0.717, 1.165) is 27.5 Å². The minimum atomic E-state index is -0.802. The summed E-state index contributed by atoms with van der Waals surface area (Å²) in [4.78, 5) is 12.0. The van der Waals surface area contributed by atoms with Crippen molar-refractivity contribution < 1.29 is 14.6 Å². The fourth-order valence-electron chi connectivity index (χ4n) is 1.89. The molecule has 0 aliphatic rings. The minimum absolute atomic E-state index is 0.0643. The second kappa shape index (κ2) is 7.01. The summed E-state index contributed by atoms with van der Waals surface area (Å²) in [5.41, 5.74) is 1.93. The molecule has 0 unspecified atom stereocenters. The molecule has 0 spiro atoms. The summed E-state index contributed by atoms with van der Waals surface area (Å²) in [6.45, 7) is 0. The van der Waals surface area contributed by atoms with Gasteiger partial charge in [-0.1, -0.05) is 30.3 Å². The van der Waals surface area contributed by atoms with E-state index in [0.29, 0.717) is 0 Å². The molecule has 0 saturated carbocycles. The molecular weight excluding hydrogens is 272 g/mol. The molecule has 0 aromatic heterocycles. The zero-order chi connectivity index (χ0) is 14.4. The van der Waals surface area contributed by atoms with E-state index in [2.05, 4.69) is 0 Å². The van der Waals surface area contributed by atoms with Crippen LogP contribution in [0.1, 0.15) is 11.1 Å². The monoisotopic (exact) mass is 288 g/mol. The van der Waals surface area contributed by atoms with Gasteiger partial charge in [0.25, 0.3) is 0 Å². The van der Waals surface area contributed by atoms with Crippen LogP contribution < -0.4 is 4.74 Å². The number of thioether (sulfide) groups is 1. The summed E-state index contributed by atoms with van der Waals surface area (Å²) in [5, 5.41) is 8.92. The standard InChI is InChI=1S/C16H16O3S/c1-19-14-7-4-8-15(10-14)20-11-13-6-3-2-5-12(13)9-16(17)18/h2-8,10H,9,11H2,1H3,(H,17,18). The third-order valence-corrected chi connectivity index (χ3v) is 3.94. The van der Waals surface area contributed by atoms with Gasteiger partial charge in [-0.05, 0) is 29.3 Å². The van der Waals surface area contributed by atoms with Gasteiger partial charge in [0.1, 0.15) is 5.75 Å². The molecule has 0 aliphatic carbocycles. The zero-order valence-electron chi connectivity index (χ0n) is 11.2. The number of aliphatic carboxylic acids is 1. The molecule has 0 atom stereocenters. The number of carbonyl (C=O) groups is 1. The normalized spacial score (nSPS) is 10.2. The van der Waals surface area contributed by atoms with Crippen molar-refractivity contribution in [1.82, 2.24) is 0 Å². The molecule has 2 aromatic carbocycles. The third kappa shape index (κ3) is 4.03. The molecule has 3 nitrogen and oxygen atoms in total. The average molecular weight is 288 g/mol. The zero-order valence-corrected chi connectivity index (χ0v) is 12.0. The fraction of sp³-hybridized carbons (Fsp3) is 0.188. The molecule has 20 heavy (non-hydrogen) atoms. The first-order chi connectivity index (χ1) is 9.69. The number of benzene rings is 2. The average Bonchev–Trinajstić information content (AvgIpc) is 2.46. The Labute approximate surface area is 122 Å². The lowest BCUT2D eigenvalue weighted by Gasteiger charge is -2.08. The Bertz CT molecular complexity index is 596. The van der Waals surface area contributed by atoms with Crippen molar-refractivity contribution in [1.29, 1.82) is 0 Å². The maximum atomic E-state index is 10.9. The maximum absolute atomic E-state index is 10.9. The van der Waals surface area contributed by atoms with E-state index in [1.807, 2.05) is 48.5 Å². The summed E-state index contributed by atoms with van der Waals surface area (Å²) in [6.07, 6.45) is 0.0643. The van der Waals surface area contributed by atoms with Crippen molar-refractivity contribution in [2.45, 2.75) is 17.1 Å². The van der Waals surface area contributed by atoms with E-state index >= 15 is 0 Å². The van der Waals surface area contributed by atoms with Gasteiger partial charge in [-0.15, -0.1) is 11.8 Å². The molecule has 2 rings (SSSR count). The van der Waals surface area contributed by atoms with E-state index < -0.39 is 5.97 Å². The van der Waals surface area contributed by atoms with Crippen LogP contribution in [0.3, 0.4) is 0 Å². The summed E-state index contributed by atoms with van der Waals surface area (Å²) in [5.74, 6) is 0.772. The molecule has 1 N–H and O–H groups in total. The largest absolute Gasteiger partial charge is 0.497 e. The SMILES string of the molecule is COc1cccc(SCc2ccccc2CC(=O)O)c1. The predicted octanol–water partition coefficient (Wildman–Crippen LogP) is 3.61. The number of ether oxygens (including phenoxy) is 1. The van der Waals surface area contributed by atoms with Gasteiger partial charge in [0.05, 0.1) is 13.5 Å². The minimum Gasteiger partial charge on any atom is -0.497 e. The lowest BCUT2D eigenvalue weighted by Crippen LogP contribution is -2.02. The van der Waals surface area contributed by atoms with E-state index in [9.17, 15) is 4.79 Å². The van der Waals surface area contributed by atoms with Gasteiger partial charge in [-0.2, -0.15) is 0 Å². The van der Waals surface area contributed by atoms with E-state index in [1.54, 1.807) is 18.9 Å². The van der Waals surface area contributed by atoms with Crippen LogP contribution in [0.4, 0.5) is 0 Å². The molecule has 0 bridgehead atoms. The topological polar surface area (TPSA) is 46.5 Å². The van der Waals surface area contributed by atoms with Crippen LogP contribution in [0.25, 0.3) is 0 Å². The van der Waals surface area contributed by atoms with Gasteiger partial charge < -0.3 is 9.84 Å². The van der Waals surface area contributed by atoms with Crippen molar-refractivity contribution in [3.63, 3.8) is 0 Å². The first-order valence-corrected chi connectivity index (χ1v) is 7.23. The van der Waals surface area contributed by atoms with Crippen molar-refractivity contribution in [2.24, 2.45) is 0 Å². The highest BCUT2D eigenvalue weighted by Gasteiger charge is 2.07. The van der Waals surface area contributed by atoms with E-state index in [4.69, 9.17) is 9.84 Å². The number of methoxy groups -OCH3 is 1. The van der Waals surface area contributed by atoms with Crippen LogP contribution in [0.2, 0.25) is 0 Å². The van der Waals surface area contributed by atoms with Gasteiger partial charge in [0.2, 0.25) is 0 Å². The Hall–Kier alpha value is -1.94. The number of rotatable bonds is 6.